The van der Waals surface area contributed by atoms with E-state index in [0.29, 0.717) is 70.0 Å². The van der Waals surface area contributed by atoms with Crippen molar-refractivity contribution >= 4 is 29.2 Å². The lowest BCUT2D eigenvalue weighted by Crippen LogP contribution is -2.47. The van der Waals surface area contributed by atoms with Gasteiger partial charge in [-0.15, -0.1) is 0 Å². The molecule has 0 spiro atoms. The molecule has 1 atom stereocenters. The van der Waals surface area contributed by atoms with E-state index in [1.807, 2.05) is 34.1 Å². The first-order chi connectivity index (χ1) is 18.0. The Morgan fingerprint density at radius 3 is 2.62 bits per heavy atom. The van der Waals surface area contributed by atoms with Crippen LogP contribution in [0.15, 0.2) is 54.9 Å². The van der Waals surface area contributed by atoms with Crippen molar-refractivity contribution in [2.45, 2.75) is 19.6 Å². The molecule has 0 aliphatic carbocycles. The standard InChI is InChI=1S/C26H31FN8O2/c1-19(36)29-16-22-17-35(18-37-22)21-13-23(27)25(30-15-21)34-11-9-33(10-12-34)24-7-8-28-26(32-24)31-14-20-5-3-2-4-6-20/h2-8,13,15,22H,9-12,14,16-18H2,1H3,(H,29,36)(H,28,31,32). The number of benzene rings is 1. The summed E-state index contributed by atoms with van der Waals surface area (Å²) < 4.78 is 20.8. The van der Waals surface area contributed by atoms with Crippen LogP contribution in [0, 0.1) is 5.82 Å². The number of hydrogen-bond donors (Lipinski definition) is 2. The zero-order valence-electron chi connectivity index (χ0n) is 20.8. The van der Waals surface area contributed by atoms with E-state index in [-0.39, 0.29) is 17.8 Å². The Morgan fingerprint density at radius 1 is 1.08 bits per heavy atom. The number of amides is 1. The molecule has 4 heterocycles. The van der Waals surface area contributed by atoms with E-state index < -0.39 is 0 Å². The van der Waals surface area contributed by atoms with Gasteiger partial charge in [-0.1, -0.05) is 30.3 Å². The predicted octanol–water partition coefficient (Wildman–Crippen LogP) is 2.25. The molecule has 2 fully saturated rings. The summed E-state index contributed by atoms with van der Waals surface area (Å²) in [5.41, 5.74) is 1.83. The summed E-state index contributed by atoms with van der Waals surface area (Å²) >= 11 is 0. The first kappa shape index (κ1) is 24.7. The van der Waals surface area contributed by atoms with E-state index in [0.717, 1.165) is 11.4 Å². The average molecular weight is 507 g/mol. The van der Waals surface area contributed by atoms with Crippen LogP contribution in [0.25, 0.3) is 0 Å². The van der Waals surface area contributed by atoms with Crippen molar-refractivity contribution < 1.29 is 13.9 Å². The number of hydrogen-bond acceptors (Lipinski definition) is 9. The molecular formula is C26H31FN8O2. The molecule has 11 heteroatoms. The number of piperazine rings is 1. The van der Waals surface area contributed by atoms with Gasteiger partial charge in [0.2, 0.25) is 11.9 Å². The normalized spacial score (nSPS) is 17.7. The molecule has 37 heavy (non-hydrogen) atoms. The minimum Gasteiger partial charge on any atom is -0.354 e. The second kappa shape index (κ2) is 11.4. The van der Waals surface area contributed by atoms with Crippen LogP contribution in [0.1, 0.15) is 12.5 Å². The number of carbonyl (C=O) groups is 1. The van der Waals surface area contributed by atoms with Gasteiger partial charge in [0.1, 0.15) is 12.5 Å². The fourth-order valence-corrected chi connectivity index (χ4v) is 4.47. The number of nitrogens with zero attached hydrogens (tertiary/aromatic N) is 6. The fourth-order valence-electron chi connectivity index (χ4n) is 4.47. The maximum Gasteiger partial charge on any atom is 0.224 e. The topological polar surface area (TPSA) is 98.8 Å². The molecule has 1 amide bonds. The van der Waals surface area contributed by atoms with Gasteiger partial charge in [-0.05, 0) is 11.6 Å². The Hall–Kier alpha value is -3.99. The minimum atomic E-state index is -0.356. The molecule has 0 saturated carbocycles. The lowest BCUT2D eigenvalue weighted by Gasteiger charge is -2.36. The molecule has 2 N–H and O–H groups in total. The zero-order valence-corrected chi connectivity index (χ0v) is 20.8. The Morgan fingerprint density at radius 2 is 1.86 bits per heavy atom. The summed E-state index contributed by atoms with van der Waals surface area (Å²) in [5, 5.41) is 6.03. The van der Waals surface area contributed by atoms with Crippen LogP contribution < -0.4 is 25.3 Å². The number of halogens is 1. The lowest BCUT2D eigenvalue weighted by molar-refractivity contribution is -0.119. The quantitative estimate of drug-likeness (QED) is 0.477. The average Bonchev–Trinajstić information content (AvgIpc) is 3.41. The van der Waals surface area contributed by atoms with Crippen molar-refractivity contribution in [3.8, 4) is 0 Å². The number of carbonyl (C=O) groups excluding carboxylic acids is 1. The highest BCUT2D eigenvalue weighted by Gasteiger charge is 2.26. The summed E-state index contributed by atoms with van der Waals surface area (Å²) in [6, 6.07) is 13.5. The van der Waals surface area contributed by atoms with Crippen LogP contribution in [0.3, 0.4) is 0 Å². The van der Waals surface area contributed by atoms with E-state index in [1.165, 1.54) is 13.0 Å². The third-order valence-corrected chi connectivity index (χ3v) is 6.48. The monoisotopic (exact) mass is 506 g/mol. The first-order valence-electron chi connectivity index (χ1n) is 12.4. The van der Waals surface area contributed by atoms with E-state index in [9.17, 15) is 4.79 Å². The summed E-state index contributed by atoms with van der Waals surface area (Å²) in [6.45, 7) is 6.12. The van der Waals surface area contributed by atoms with Crippen molar-refractivity contribution in [2.24, 2.45) is 0 Å². The van der Waals surface area contributed by atoms with Gasteiger partial charge in [0.05, 0.1) is 18.0 Å². The number of rotatable bonds is 8. The Bertz CT molecular complexity index is 1210. The van der Waals surface area contributed by atoms with Crippen LogP contribution in [0.5, 0.6) is 0 Å². The molecule has 3 aromatic rings. The highest BCUT2D eigenvalue weighted by molar-refractivity contribution is 5.72. The van der Waals surface area contributed by atoms with E-state index in [2.05, 4.69) is 42.6 Å². The maximum absolute atomic E-state index is 15.1. The van der Waals surface area contributed by atoms with Gasteiger partial charge in [-0.3, -0.25) is 4.79 Å². The second-order valence-corrected chi connectivity index (χ2v) is 9.13. The van der Waals surface area contributed by atoms with Crippen LogP contribution in [0.4, 0.5) is 27.7 Å². The lowest BCUT2D eigenvalue weighted by atomic mass is 10.2. The van der Waals surface area contributed by atoms with Crippen molar-refractivity contribution in [3.63, 3.8) is 0 Å². The number of pyridine rings is 1. The van der Waals surface area contributed by atoms with E-state index in [1.54, 1.807) is 12.4 Å². The third-order valence-electron chi connectivity index (χ3n) is 6.48. The third kappa shape index (κ3) is 6.23. The zero-order chi connectivity index (χ0) is 25.6. The van der Waals surface area contributed by atoms with Crippen molar-refractivity contribution in [2.75, 3.05) is 66.0 Å². The predicted molar refractivity (Wildman–Crippen MR) is 140 cm³/mol. The molecule has 1 unspecified atom stereocenters. The molecule has 194 valence electrons. The van der Waals surface area contributed by atoms with Crippen LogP contribution in [0.2, 0.25) is 0 Å². The van der Waals surface area contributed by atoms with E-state index >= 15 is 4.39 Å². The maximum atomic E-state index is 15.1. The van der Waals surface area contributed by atoms with Crippen LogP contribution >= 0.6 is 0 Å². The molecule has 0 bridgehead atoms. The Balaban J connectivity index is 1.15. The summed E-state index contributed by atoms with van der Waals surface area (Å²) in [7, 11) is 0. The molecule has 2 aliphatic heterocycles. The molecule has 1 aromatic carbocycles. The van der Waals surface area contributed by atoms with Gasteiger partial charge in [-0.25, -0.2) is 14.4 Å². The fraction of sp³-hybridized carbons (Fsp3) is 0.385. The van der Waals surface area contributed by atoms with Crippen molar-refractivity contribution in [1.82, 2.24) is 20.3 Å². The first-order valence-corrected chi connectivity index (χ1v) is 12.4. The molecule has 10 nitrogen and oxygen atoms in total. The summed E-state index contributed by atoms with van der Waals surface area (Å²) in [4.78, 5) is 30.6. The highest BCUT2D eigenvalue weighted by Crippen LogP contribution is 2.26. The number of anilines is 4. The Labute approximate surface area is 215 Å². The van der Waals surface area contributed by atoms with Crippen molar-refractivity contribution in [3.05, 3.63) is 66.2 Å². The molecular weight excluding hydrogens is 475 g/mol. The smallest absolute Gasteiger partial charge is 0.224 e. The van der Waals surface area contributed by atoms with Gasteiger partial charge in [0.15, 0.2) is 11.6 Å². The highest BCUT2D eigenvalue weighted by atomic mass is 19.1. The van der Waals surface area contributed by atoms with Gasteiger partial charge >= 0.3 is 0 Å². The van der Waals surface area contributed by atoms with Gasteiger partial charge in [0, 0.05) is 65.0 Å². The van der Waals surface area contributed by atoms with Gasteiger partial charge < -0.3 is 30.1 Å². The molecule has 2 aromatic heterocycles. The Kier molecular flexibility index (Phi) is 7.59. The molecule has 0 radical (unpaired) electrons. The summed E-state index contributed by atoms with van der Waals surface area (Å²) in [6.07, 6.45) is 3.31. The van der Waals surface area contributed by atoms with Crippen molar-refractivity contribution in [1.29, 1.82) is 0 Å². The largest absolute Gasteiger partial charge is 0.354 e. The van der Waals surface area contributed by atoms with Gasteiger partial charge in [0.25, 0.3) is 0 Å². The van der Waals surface area contributed by atoms with Crippen LogP contribution in [-0.2, 0) is 16.1 Å². The summed E-state index contributed by atoms with van der Waals surface area (Å²) in [5.74, 6) is 1.32. The van der Waals surface area contributed by atoms with E-state index in [4.69, 9.17) is 4.74 Å². The van der Waals surface area contributed by atoms with Crippen LogP contribution in [-0.4, -0.2) is 73.0 Å². The molecule has 2 aliphatic rings. The minimum absolute atomic E-state index is 0.0981. The molecule has 5 rings (SSSR count). The number of aromatic nitrogens is 3. The number of ether oxygens (including phenoxy) is 1. The SMILES string of the molecule is CC(=O)NCC1CN(c2cnc(N3CCN(c4ccnc(NCc5ccccc5)n4)CC3)c(F)c2)CO1. The molecule has 2 saturated heterocycles. The second-order valence-electron chi connectivity index (χ2n) is 9.13. The number of nitrogens with one attached hydrogen (secondary N) is 2. The van der Waals surface area contributed by atoms with Gasteiger partial charge in [-0.2, -0.15) is 4.98 Å².